The maximum atomic E-state index is 9.82. The summed E-state index contributed by atoms with van der Waals surface area (Å²) in [5.41, 5.74) is 4.02. The molecule has 1 aromatic heterocycles. The predicted octanol–water partition coefficient (Wildman–Crippen LogP) is 2.61. The average molecular weight is 391 g/mol. The van der Waals surface area contributed by atoms with Crippen molar-refractivity contribution in [3.05, 3.63) is 71.0 Å². The van der Waals surface area contributed by atoms with Crippen LogP contribution in [0.3, 0.4) is 0 Å². The van der Waals surface area contributed by atoms with Crippen molar-refractivity contribution in [2.75, 3.05) is 6.54 Å². The van der Waals surface area contributed by atoms with Crippen molar-refractivity contribution >= 4 is 0 Å². The van der Waals surface area contributed by atoms with Gasteiger partial charge in [0, 0.05) is 17.5 Å². The number of nitrogens with one attached hydrogen (secondary N) is 1. The fourth-order valence-corrected chi connectivity index (χ4v) is 5.06. The summed E-state index contributed by atoms with van der Waals surface area (Å²) in [6, 6.07) is 16.8. The standard InChI is InChI=1S/C23H27N5O/c29-21-12-10-18(11-13-21)22(27-15-14-17-6-4-5-7-19(17)16-27)23-24-25-26-28(23)20-8-2-1-3-9-20/h4-7,10-13,20,22,29H,1-3,8-9,14-16H2/p+1/t22-/m1/s1. The fraction of sp³-hybridized carbons (Fsp3) is 0.435. The first kappa shape index (κ1) is 18.3. The van der Waals surface area contributed by atoms with Crippen LogP contribution in [0.25, 0.3) is 0 Å². The molecule has 29 heavy (non-hydrogen) atoms. The molecule has 2 N–H and O–H groups in total. The number of benzene rings is 2. The Labute approximate surface area is 171 Å². The fourth-order valence-electron chi connectivity index (χ4n) is 5.06. The summed E-state index contributed by atoms with van der Waals surface area (Å²) in [6.07, 6.45) is 7.17. The Morgan fingerprint density at radius 2 is 1.72 bits per heavy atom. The molecule has 1 unspecified atom stereocenters. The number of phenolic OH excluding ortho intramolecular Hbond substituents is 1. The Balaban J connectivity index is 1.54. The maximum absolute atomic E-state index is 9.82. The molecule has 0 spiro atoms. The molecule has 0 amide bonds. The SMILES string of the molecule is Oc1ccc([C@H](c2nnnn2C2CCCCC2)[NH+]2CCc3ccccc3C2)cc1. The molecule has 0 saturated heterocycles. The van der Waals surface area contributed by atoms with E-state index in [1.165, 1.54) is 35.3 Å². The van der Waals surface area contributed by atoms with Crippen LogP contribution < -0.4 is 4.90 Å². The Morgan fingerprint density at radius 3 is 2.52 bits per heavy atom. The van der Waals surface area contributed by atoms with Crippen LogP contribution in [-0.2, 0) is 13.0 Å². The third kappa shape index (κ3) is 3.65. The molecule has 1 aliphatic heterocycles. The molecule has 150 valence electrons. The van der Waals surface area contributed by atoms with Crippen LogP contribution in [0.4, 0.5) is 0 Å². The Morgan fingerprint density at radius 1 is 0.966 bits per heavy atom. The molecule has 1 saturated carbocycles. The van der Waals surface area contributed by atoms with E-state index in [0.29, 0.717) is 11.8 Å². The molecule has 6 nitrogen and oxygen atoms in total. The van der Waals surface area contributed by atoms with E-state index >= 15 is 0 Å². The van der Waals surface area contributed by atoms with Crippen LogP contribution in [0.1, 0.15) is 66.7 Å². The number of fused-ring (bicyclic) bond motifs is 1. The lowest BCUT2D eigenvalue weighted by Gasteiger charge is -2.33. The van der Waals surface area contributed by atoms with Gasteiger partial charge in [0.1, 0.15) is 12.3 Å². The number of hydrogen-bond acceptors (Lipinski definition) is 4. The van der Waals surface area contributed by atoms with E-state index in [4.69, 9.17) is 0 Å². The minimum absolute atomic E-state index is 0.0564. The summed E-state index contributed by atoms with van der Waals surface area (Å²) in [5.74, 6) is 1.25. The molecule has 5 rings (SSSR count). The normalized spacial score (nSPS) is 20.9. The van der Waals surface area contributed by atoms with Crippen LogP contribution in [0, 0.1) is 0 Å². The number of phenols is 1. The van der Waals surface area contributed by atoms with Crippen LogP contribution in [0.2, 0.25) is 0 Å². The number of rotatable bonds is 4. The van der Waals surface area contributed by atoms with Gasteiger partial charge in [-0.05, 0) is 53.1 Å². The van der Waals surface area contributed by atoms with Crippen LogP contribution in [0.15, 0.2) is 48.5 Å². The van der Waals surface area contributed by atoms with Gasteiger partial charge in [0.15, 0.2) is 6.04 Å². The van der Waals surface area contributed by atoms with Crippen molar-refractivity contribution in [1.82, 2.24) is 20.2 Å². The zero-order chi connectivity index (χ0) is 19.6. The molecule has 1 aliphatic carbocycles. The summed E-state index contributed by atoms with van der Waals surface area (Å²) in [6.45, 7) is 2.00. The number of quaternary nitrogens is 1. The van der Waals surface area contributed by atoms with Crippen molar-refractivity contribution in [3.8, 4) is 5.75 Å². The summed E-state index contributed by atoms with van der Waals surface area (Å²) in [4.78, 5) is 1.46. The van der Waals surface area contributed by atoms with Crippen LogP contribution in [-0.4, -0.2) is 31.9 Å². The van der Waals surface area contributed by atoms with Gasteiger partial charge in [0.05, 0.1) is 12.6 Å². The van der Waals surface area contributed by atoms with E-state index < -0.39 is 0 Å². The first-order valence-corrected chi connectivity index (χ1v) is 10.8. The van der Waals surface area contributed by atoms with Gasteiger partial charge in [-0.15, -0.1) is 5.10 Å². The first-order chi connectivity index (χ1) is 14.3. The van der Waals surface area contributed by atoms with E-state index in [1.807, 2.05) is 12.1 Å². The minimum atomic E-state index is 0.0564. The van der Waals surface area contributed by atoms with Crippen molar-refractivity contribution in [2.24, 2.45) is 0 Å². The van der Waals surface area contributed by atoms with Gasteiger partial charge in [-0.1, -0.05) is 43.5 Å². The van der Waals surface area contributed by atoms with Crippen LogP contribution in [0.5, 0.6) is 5.75 Å². The molecule has 2 heterocycles. The molecular weight excluding hydrogens is 362 g/mol. The highest BCUT2D eigenvalue weighted by atomic mass is 16.3. The zero-order valence-electron chi connectivity index (χ0n) is 16.7. The van der Waals surface area contributed by atoms with E-state index in [2.05, 4.69) is 44.5 Å². The van der Waals surface area contributed by atoms with E-state index in [-0.39, 0.29) is 6.04 Å². The smallest absolute Gasteiger partial charge is 0.214 e. The second-order valence-corrected chi connectivity index (χ2v) is 8.40. The lowest BCUT2D eigenvalue weighted by atomic mass is 9.94. The Bertz CT molecular complexity index is 961. The predicted molar refractivity (Wildman–Crippen MR) is 110 cm³/mol. The second-order valence-electron chi connectivity index (χ2n) is 8.40. The lowest BCUT2D eigenvalue weighted by Crippen LogP contribution is -3.12. The number of hydrogen-bond donors (Lipinski definition) is 2. The summed E-state index contributed by atoms with van der Waals surface area (Å²) >= 11 is 0. The summed E-state index contributed by atoms with van der Waals surface area (Å²) < 4.78 is 2.10. The highest BCUT2D eigenvalue weighted by Gasteiger charge is 2.35. The van der Waals surface area contributed by atoms with Gasteiger partial charge in [-0.2, -0.15) is 0 Å². The first-order valence-electron chi connectivity index (χ1n) is 10.8. The van der Waals surface area contributed by atoms with Gasteiger partial charge in [-0.25, -0.2) is 4.68 Å². The Kier molecular flexibility index (Phi) is 5.02. The molecule has 0 bridgehead atoms. The second kappa shape index (κ2) is 7.95. The molecule has 2 atom stereocenters. The van der Waals surface area contributed by atoms with E-state index in [1.54, 1.807) is 12.1 Å². The lowest BCUT2D eigenvalue weighted by molar-refractivity contribution is -0.941. The van der Waals surface area contributed by atoms with Gasteiger partial charge in [-0.3, -0.25) is 0 Å². The third-order valence-electron chi connectivity index (χ3n) is 6.58. The molecule has 2 aromatic carbocycles. The van der Waals surface area contributed by atoms with E-state index in [9.17, 15) is 5.11 Å². The molecule has 0 radical (unpaired) electrons. The number of aromatic nitrogens is 4. The molecule has 3 aromatic rings. The summed E-state index contributed by atoms with van der Waals surface area (Å²) in [7, 11) is 0. The van der Waals surface area contributed by atoms with Crippen LogP contribution >= 0.6 is 0 Å². The largest absolute Gasteiger partial charge is 0.508 e. The molecule has 1 fully saturated rings. The van der Waals surface area contributed by atoms with Gasteiger partial charge >= 0.3 is 0 Å². The van der Waals surface area contributed by atoms with Gasteiger partial charge < -0.3 is 10.0 Å². The molecule has 6 heteroatoms. The zero-order valence-corrected chi connectivity index (χ0v) is 16.7. The van der Waals surface area contributed by atoms with Crippen molar-refractivity contribution in [3.63, 3.8) is 0 Å². The number of aromatic hydroxyl groups is 1. The van der Waals surface area contributed by atoms with Crippen molar-refractivity contribution < 1.29 is 10.0 Å². The molecular formula is C23H28N5O+. The number of nitrogens with zero attached hydrogens (tertiary/aromatic N) is 4. The molecule has 2 aliphatic rings. The highest BCUT2D eigenvalue weighted by Crippen LogP contribution is 2.30. The van der Waals surface area contributed by atoms with Gasteiger partial charge in [0.25, 0.3) is 0 Å². The monoisotopic (exact) mass is 390 g/mol. The van der Waals surface area contributed by atoms with Crippen molar-refractivity contribution in [1.29, 1.82) is 0 Å². The summed E-state index contributed by atoms with van der Waals surface area (Å²) in [5, 5.41) is 22.9. The number of tetrazole rings is 1. The average Bonchev–Trinajstić information content (AvgIpc) is 3.25. The third-order valence-corrected chi connectivity index (χ3v) is 6.58. The highest BCUT2D eigenvalue weighted by molar-refractivity contribution is 5.31. The van der Waals surface area contributed by atoms with Gasteiger partial charge in [0.2, 0.25) is 5.82 Å². The van der Waals surface area contributed by atoms with Crippen molar-refractivity contribution in [2.45, 2.75) is 57.2 Å². The minimum Gasteiger partial charge on any atom is -0.508 e. The topological polar surface area (TPSA) is 68.3 Å². The van der Waals surface area contributed by atoms with E-state index in [0.717, 1.165) is 43.7 Å². The maximum Gasteiger partial charge on any atom is 0.214 e. The Hall–Kier alpha value is -2.73. The quantitative estimate of drug-likeness (QED) is 0.719.